The molecular weight excluding hydrogens is 230 g/mol. The lowest BCUT2D eigenvalue weighted by atomic mass is 10.2. The van der Waals surface area contributed by atoms with Crippen molar-refractivity contribution in [3.05, 3.63) is 10.0 Å². The number of amides is 1. The average Bonchev–Trinajstić information content (AvgIpc) is 2.74. The normalized spacial score (nSPS) is 12.8. The molecule has 0 aromatic carbocycles. The van der Waals surface area contributed by atoms with Crippen LogP contribution in [0.25, 0.3) is 0 Å². The fourth-order valence-corrected chi connectivity index (χ4v) is 1.67. The molecule has 1 amide bonds. The molecule has 1 unspecified atom stereocenters. The maximum atomic E-state index is 11.5. The van der Waals surface area contributed by atoms with Crippen LogP contribution in [0, 0.1) is 0 Å². The van der Waals surface area contributed by atoms with Gasteiger partial charge in [-0.3, -0.25) is 4.79 Å². The van der Waals surface area contributed by atoms with Crippen LogP contribution in [0.15, 0.2) is 0 Å². The predicted molar refractivity (Wildman–Crippen MR) is 59.4 cm³/mol. The summed E-state index contributed by atoms with van der Waals surface area (Å²) < 4.78 is 0. The fraction of sp³-hybridized carbons (Fsp3) is 0.667. The lowest BCUT2D eigenvalue weighted by Crippen LogP contribution is -2.33. The number of nitrogens with zero attached hydrogens (tertiary/aromatic N) is 2. The van der Waals surface area contributed by atoms with E-state index in [9.17, 15) is 4.79 Å². The molecule has 16 heavy (non-hydrogen) atoms. The summed E-state index contributed by atoms with van der Waals surface area (Å²) in [5.74, 6) is -0.140. The van der Waals surface area contributed by atoms with Gasteiger partial charge in [0.25, 0.3) is 5.91 Å². The van der Waals surface area contributed by atoms with E-state index in [0.29, 0.717) is 0 Å². The van der Waals surface area contributed by atoms with E-state index in [2.05, 4.69) is 15.5 Å². The second kappa shape index (κ2) is 5.88. The minimum absolute atomic E-state index is 0.00588. The minimum atomic E-state index is -0.943. The zero-order chi connectivity index (χ0) is 12.1. The molecule has 6 nitrogen and oxygen atoms in total. The summed E-state index contributed by atoms with van der Waals surface area (Å²) in [5.41, 5.74) is 0. The molecule has 0 bridgehead atoms. The molecule has 3 N–H and O–H groups in total. The molecule has 1 heterocycles. The number of carbonyl (C=O) groups is 1. The van der Waals surface area contributed by atoms with E-state index >= 15 is 0 Å². The van der Waals surface area contributed by atoms with E-state index < -0.39 is 6.10 Å². The minimum Gasteiger partial charge on any atom is -0.394 e. The Morgan fingerprint density at radius 3 is 2.69 bits per heavy atom. The van der Waals surface area contributed by atoms with Crippen LogP contribution in [0.3, 0.4) is 0 Å². The standard InChI is InChI=1S/C9H15N3O3S/c1-5(2)8-11-12-9(16-8)7(15)10-3-6(14)4-13/h5-6,13-14H,3-4H2,1-2H3,(H,10,15). The van der Waals surface area contributed by atoms with Gasteiger partial charge in [0.15, 0.2) is 0 Å². The van der Waals surface area contributed by atoms with Crippen LogP contribution < -0.4 is 5.32 Å². The molecule has 0 saturated heterocycles. The monoisotopic (exact) mass is 245 g/mol. The van der Waals surface area contributed by atoms with Crippen LogP contribution in [-0.2, 0) is 0 Å². The second-order valence-electron chi connectivity index (χ2n) is 3.65. The molecule has 0 aliphatic heterocycles. The van der Waals surface area contributed by atoms with Gasteiger partial charge in [-0.25, -0.2) is 0 Å². The predicted octanol–water partition coefficient (Wildman–Crippen LogP) is -0.255. The van der Waals surface area contributed by atoms with Gasteiger partial charge < -0.3 is 15.5 Å². The van der Waals surface area contributed by atoms with Crippen molar-refractivity contribution in [2.45, 2.75) is 25.9 Å². The maximum Gasteiger partial charge on any atom is 0.282 e. The van der Waals surface area contributed by atoms with Gasteiger partial charge in [0.2, 0.25) is 5.01 Å². The first kappa shape index (κ1) is 13.0. The van der Waals surface area contributed by atoms with Crippen LogP contribution in [0.4, 0.5) is 0 Å². The van der Waals surface area contributed by atoms with Gasteiger partial charge in [-0.05, 0) is 0 Å². The Morgan fingerprint density at radius 1 is 1.50 bits per heavy atom. The third-order valence-electron chi connectivity index (χ3n) is 1.84. The molecule has 7 heteroatoms. The Hall–Kier alpha value is -1.05. The van der Waals surface area contributed by atoms with Crippen LogP contribution in [0.2, 0.25) is 0 Å². The Balaban J connectivity index is 2.53. The zero-order valence-electron chi connectivity index (χ0n) is 9.17. The molecular formula is C9H15N3O3S. The molecule has 1 aromatic rings. The SMILES string of the molecule is CC(C)c1nnc(C(=O)NCC(O)CO)s1. The van der Waals surface area contributed by atoms with Crippen LogP contribution in [0.1, 0.15) is 34.6 Å². The molecule has 0 saturated carbocycles. The second-order valence-corrected chi connectivity index (χ2v) is 4.66. The number of nitrogens with one attached hydrogen (secondary N) is 1. The molecule has 0 fully saturated rings. The van der Waals surface area contributed by atoms with Crippen molar-refractivity contribution in [2.75, 3.05) is 13.2 Å². The lowest BCUT2D eigenvalue weighted by molar-refractivity contribution is 0.0801. The Bertz CT molecular complexity index is 354. The van der Waals surface area contributed by atoms with E-state index in [0.717, 1.165) is 5.01 Å². The summed E-state index contributed by atoms with van der Waals surface area (Å²) in [7, 11) is 0. The van der Waals surface area contributed by atoms with Crippen LogP contribution in [-0.4, -0.2) is 45.6 Å². The van der Waals surface area contributed by atoms with Crippen molar-refractivity contribution in [2.24, 2.45) is 0 Å². The first-order chi connectivity index (χ1) is 7.54. The highest BCUT2D eigenvalue weighted by Crippen LogP contribution is 2.18. The first-order valence-electron chi connectivity index (χ1n) is 4.95. The summed E-state index contributed by atoms with van der Waals surface area (Å²) in [6, 6.07) is 0. The Labute approximate surface area is 97.3 Å². The molecule has 0 aliphatic rings. The van der Waals surface area contributed by atoms with Crippen molar-refractivity contribution in [3.8, 4) is 0 Å². The van der Waals surface area contributed by atoms with Gasteiger partial charge in [0.1, 0.15) is 5.01 Å². The summed E-state index contributed by atoms with van der Waals surface area (Å²) in [4.78, 5) is 11.5. The molecule has 0 spiro atoms. The van der Waals surface area contributed by atoms with E-state index in [1.54, 1.807) is 0 Å². The van der Waals surface area contributed by atoms with Crippen molar-refractivity contribution in [3.63, 3.8) is 0 Å². The van der Waals surface area contributed by atoms with E-state index in [1.165, 1.54) is 11.3 Å². The highest BCUT2D eigenvalue weighted by molar-refractivity contribution is 7.13. The molecule has 90 valence electrons. The highest BCUT2D eigenvalue weighted by atomic mass is 32.1. The van der Waals surface area contributed by atoms with Gasteiger partial charge in [0.05, 0.1) is 12.7 Å². The molecule has 0 radical (unpaired) electrons. The van der Waals surface area contributed by atoms with Gasteiger partial charge in [0, 0.05) is 12.5 Å². The van der Waals surface area contributed by atoms with E-state index in [1.807, 2.05) is 13.8 Å². The summed E-state index contributed by atoms with van der Waals surface area (Å²) >= 11 is 1.23. The van der Waals surface area contributed by atoms with Gasteiger partial charge in [-0.15, -0.1) is 10.2 Å². The fourth-order valence-electron chi connectivity index (χ4n) is 0.910. The third kappa shape index (κ3) is 3.51. The number of aliphatic hydroxyl groups excluding tert-OH is 2. The lowest BCUT2D eigenvalue weighted by Gasteiger charge is -2.06. The van der Waals surface area contributed by atoms with Gasteiger partial charge in [-0.2, -0.15) is 0 Å². The molecule has 1 atom stereocenters. The van der Waals surface area contributed by atoms with Gasteiger partial charge >= 0.3 is 0 Å². The molecule has 0 aliphatic carbocycles. The molecule has 1 aromatic heterocycles. The average molecular weight is 245 g/mol. The summed E-state index contributed by atoms with van der Waals surface area (Å²) in [6.07, 6.45) is -0.943. The van der Waals surface area contributed by atoms with Crippen molar-refractivity contribution < 1.29 is 15.0 Å². The van der Waals surface area contributed by atoms with E-state index in [-0.39, 0.29) is 30.0 Å². The quantitative estimate of drug-likeness (QED) is 0.664. The first-order valence-corrected chi connectivity index (χ1v) is 5.76. The van der Waals surface area contributed by atoms with Gasteiger partial charge in [-0.1, -0.05) is 25.2 Å². The summed E-state index contributed by atoms with van der Waals surface area (Å²) in [5, 5.41) is 28.8. The Kier molecular flexibility index (Phi) is 4.78. The number of hydrogen-bond donors (Lipinski definition) is 3. The zero-order valence-corrected chi connectivity index (χ0v) is 9.99. The maximum absolute atomic E-state index is 11.5. The van der Waals surface area contributed by atoms with Crippen molar-refractivity contribution >= 4 is 17.2 Å². The number of rotatable bonds is 5. The van der Waals surface area contributed by atoms with E-state index in [4.69, 9.17) is 10.2 Å². The molecule has 1 rings (SSSR count). The third-order valence-corrected chi connectivity index (χ3v) is 3.06. The number of aliphatic hydroxyl groups is 2. The van der Waals surface area contributed by atoms with Crippen molar-refractivity contribution in [1.29, 1.82) is 0 Å². The highest BCUT2D eigenvalue weighted by Gasteiger charge is 2.15. The smallest absolute Gasteiger partial charge is 0.282 e. The largest absolute Gasteiger partial charge is 0.394 e. The van der Waals surface area contributed by atoms with Crippen LogP contribution in [0.5, 0.6) is 0 Å². The topological polar surface area (TPSA) is 95.3 Å². The number of carbonyl (C=O) groups excluding carboxylic acids is 1. The van der Waals surface area contributed by atoms with Crippen molar-refractivity contribution in [1.82, 2.24) is 15.5 Å². The van der Waals surface area contributed by atoms with Crippen LogP contribution >= 0.6 is 11.3 Å². The Morgan fingerprint density at radius 2 is 2.19 bits per heavy atom. The summed E-state index contributed by atoms with van der Waals surface area (Å²) in [6.45, 7) is 3.56. The number of aromatic nitrogens is 2. The number of hydrogen-bond acceptors (Lipinski definition) is 6.